The lowest BCUT2D eigenvalue weighted by atomic mass is 9.86. The topological polar surface area (TPSA) is 66.4 Å². The zero-order valence-electron chi connectivity index (χ0n) is 10.7. The standard InChI is InChI=1S/C14H15F2NO3/c15-10-2-1-3-11(16)12(10)13(18)17-9-6-4-8(5-7-9)14(19)20/h1-3,8-9H,4-7H2,(H,17,18)(H,19,20). The number of amides is 1. The average molecular weight is 283 g/mol. The predicted molar refractivity (Wildman–Crippen MR) is 67.2 cm³/mol. The lowest BCUT2D eigenvalue weighted by Gasteiger charge is -2.26. The van der Waals surface area contributed by atoms with Gasteiger partial charge >= 0.3 is 5.97 Å². The van der Waals surface area contributed by atoms with E-state index in [4.69, 9.17) is 5.11 Å². The summed E-state index contributed by atoms with van der Waals surface area (Å²) in [7, 11) is 0. The molecule has 1 aliphatic rings. The summed E-state index contributed by atoms with van der Waals surface area (Å²) in [5.74, 6) is -3.83. The van der Waals surface area contributed by atoms with Crippen LogP contribution in [-0.4, -0.2) is 23.0 Å². The molecule has 0 spiro atoms. The Balaban J connectivity index is 1.98. The fourth-order valence-corrected chi connectivity index (χ4v) is 2.46. The Bertz CT molecular complexity index is 505. The monoisotopic (exact) mass is 283 g/mol. The molecule has 0 aromatic heterocycles. The number of benzene rings is 1. The van der Waals surface area contributed by atoms with Gasteiger partial charge in [0.25, 0.3) is 5.91 Å². The molecule has 2 N–H and O–H groups in total. The van der Waals surface area contributed by atoms with E-state index in [1.165, 1.54) is 6.07 Å². The SMILES string of the molecule is O=C(NC1CCC(C(=O)O)CC1)c1c(F)cccc1F. The summed E-state index contributed by atoms with van der Waals surface area (Å²) in [5, 5.41) is 11.4. The summed E-state index contributed by atoms with van der Waals surface area (Å²) >= 11 is 0. The summed E-state index contributed by atoms with van der Waals surface area (Å²) in [4.78, 5) is 22.7. The number of carboxylic acid groups (broad SMARTS) is 1. The fourth-order valence-electron chi connectivity index (χ4n) is 2.46. The molecule has 1 fully saturated rings. The van der Waals surface area contributed by atoms with Gasteiger partial charge in [0, 0.05) is 6.04 Å². The number of rotatable bonds is 3. The van der Waals surface area contributed by atoms with Gasteiger partial charge in [-0.15, -0.1) is 0 Å². The average Bonchev–Trinajstić information content (AvgIpc) is 2.39. The molecule has 108 valence electrons. The van der Waals surface area contributed by atoms with Gasteiger partial charge in [0.15, 0.2) is 0 Å². The van der Waals surface area contributed by atoms with Crippen molar-refractivity contribution in [3.05, 3.63) is 35.4 Å². The first-order valence-electron chi connectivity index (χ1n) is 6.46. The van der Waals surface area contributed by atoms with Crippen molar-refractivity contribution >= 4 is 11.9 Å². The minimum Gasteiger partial charge on any atom is -0.481 e. The van der Waals surface area contributed by atoms with Crippen molar-refractivity contribution in [3.8, 4) is 0 Å². The second-order valence-corrected chi connectivity index (χ2v) is 4.96. The van der Waals surface area contributed by atoms with Crippen LogP contribution in [0.3, 0.4) is 0 Å². The van der Waals surface area contributed by atoms with Crippen LogP contribution in [0.4, 0.5) is 8.78 Å². The molecule has 0 radical (unpaired) electrons. The van der Waals surface area contributed by atoms with Gasteiger partial charge in [-0.3, -0.25) is 9.59 Å². The van der Waals surface area contributed by atoms with Crippen LogP contribution in [0, 0.1) is 17.6 Å². The highest BCUT2D eigenvalue weighted by atomic mass is 19.1. The van der Waals surface area contributed by atoms with Crippen LogP contribution in [0.1, 0.15) is 36.0 Å². The van der Waals surface area contributed by atoms with Crippen molar-refractivity contribution in [2.75, 3.05) is 0 Å². The molecule has 1 aromatic carbocycles. The van der Waals surface area contributed by atoms with Crippen LogP contribution in [0.5, 0.6) is 0 Å². The van der Waals surface area contributed by atoms with Crippen molar-refractivity contribution in [2.24, 2.45) is 5.92 Å². The number of aliphatic carboxylic acids is 1. The maximum absolute atomic E-state index is 13.4. The van der Waals surface area contributed by atoms with Crippen LogP contribution in [0.15, 0.2) is 18.2 Å². The van der Waals surface area contributed by atoms with Gasteiger partial charge < -0.3 is 10.4 Å². The Hall–Kier alpha value is -1.98. The molecular weight excluding hydrogens is 268 g/mol. The van der Waals surface area contributed by atoms with Gasteiger partial charge in [0.2, 0.25) is 0 Å². The maximum atomic E-state index is 13.4. The summed E-state index contributed by atoms with van der Waals surface area (Å²) in [6.45, 7) is 0. The third-order valence-electron chi connectivity index (χ3n) is 3.60. The number of carbonyl (C=O) groups is 2. The molecule has 0 saturated heterocycles. The molecule has 20 heavy (non-hydrogen) atoms. The number of hydrogen-bond acceptors (Lipinski definition) is 2. The second-order valence-electron chi connectivity index (χ2n) is 4.96. The van der Waals surface area contributed by atoms with Crippen molar-refractivity contribution in [2.45, 2.75) is 31.7 Å². The van der Waals surface area contributed by atoms with E-state index in [0.29, 0.717) is 25.7 Å². The van der Waals surface area contributed by atoms with Gasteiger partial charge in [-0.2, -0.15) is 0 Å². The summed E-state index contributed by atoms with van der Waals surface area (Å²) < 4.78 is 26.9. The summed E-state index contributed by atoms with van der Waals surface area (Å²) in [5.41, 5.74) is -0.590. The zero-order chi connectivity index (χ0) is 14.7. The molecule has 0 bridgehead atoms. The van der Waals surface area contributed by atoms with Crippen molar-refractivity contribution < 1.29 is 23.5 Å². The van der Waals surface area contributed by atoms with Crippen LogP contribution >= 0.6 is 0 Å². The van der Waals surface area contributed by atoms with E-state index >= 15 is 0 Å². The molecule has 0 aliphatic heterocycles. The van der Waals surface area contributed by atoms with Crippen molar-refractivity contribution in [3.63, 3.8) is 0 Å². The van der Waals surface area contributed by atoms with E-state index < -0.39 is 35.0 Å². The van der Waals surface area contributed by atoms with Crippen molar-refractivity contribution in [1.82, 2.24) is 5.32 Å². The Morgan fingerprint density at radius 2 is 1.65 bits per heavy atom. The number of carbonyl (C=O) groups excluding carboxylic acids is 1. The Kier molecular flexibility index (Phi) is 4.32. The molecule has 1 amide bonds. The third kappa shape index (κ3) is 3.12. The Morgan fingerprint density at radius 3 is 2.15 bits per heavy atom. The minimum absolute atomic E-state index is 0.239. The molecule has 1 aromatic rings. The van der Waals surface area contributed by atoms with E-state index in [-0.39, 0.29) is 6.04 Å². The first kappa shape index (κ1) is 14.4. The molecular formula is C14H15F2NO3. The first-order chi connectivity index (χ1) is 9.49. The highest BCUT2D eigenvalue weighted by Crippen LogP contribution is 2.25. The molecule has 4 nitrogen and oxygen atoms in total. The van der Waals surface area contributed by atoms with Crippen LogP contribution in [0.25, 0.3) is 0 Å². The molecule has 1 aliphatic carbocycles. The van der Waals surface area contributed by atoms with Gasteiger partial charge in [-0.25, -0.2) is 8.78 Å². The number of nitrogens with one attached hydrogen (secondary N) is 1. The molecule has 6 heteroatoms. The van der Waals surface area contributed by atoms with E-state index in [0.717, 1.165) is 12.1 Å². The van der Waals surface area contributed by atoms with Crippen molar-refractivity contribution in [1.29, 1.82) is 0 Å². The first-order valence-corrected chi connectivity index (χ1v) is 6.46. The second kappa shape index (κ2) is 5.98. The smallest absolute Gasteiger partial charge is 0.306 e. The predicted octanol–water partition coefficient (Wildman–Crippen LogP) is 2.34. The molecule has 1 saturated carbocycles. The highest BCUT2D eigenvalue weighted by molar-refractivity contribution is 5.94. The van der Waals surface area contributed by atoms with Crippen LogP contribution in [-0.2, 0) is 4.79 Å². The van der Waals surface area contributed by atoms with Gasteiger partial charge in [-0.05, 0) is 37.8 Å². The largest absolute Gasteiger partial charge is 0.481 e. The quantitative estimate of drug-likeness (QED) is 0.894. The third-order valence-corrected chi connectivity index (χ3v) is 3.60. The number of hydrogen-bond donors (Lipinski definition) is 2. The number of halogens is 2. The summed E-state index contributed by atoms with van der Waals surface area (Å²) in [6, 6.07) is 3.01. The van der Waals surface area contributed by atoms with E-state index in [2.05, 4.69) is 5.32 Å². The van der Waals surface area contributed by atoms with Gasteiger partial charge in [-0.1, -0.05) is 6.07 Å². The van der Waals surface area contributed by atoms with Gasteiger partial charge in [0.05, 0.1) is 5.92 Å². The lowest BCUT2D eigenvalue weighted by molar-refractivity contribution is -0.142. The van der Waals surface area contributed by atoms with Crippen LogP contribution in [0.2, 0.25) is 0 Å². The fraction of sp³-hybridized carbons (Fsp3) is 0.429. The highest BCUT2D eigenvalue weighted by Gasteiger charge is 2.28. The minimum atomic E-state index is -0.901. The lowest BCUT2D eigenvalue weighted by Crippen LogP contribution is -2.39. The molecule has 0 heterocycles. The van der Waals surface area contributed by atoms with Gasteiger partial charge in [0.1, 0.15) is 17.2 Å². The molecule has 2 rings (SSSR count). The van der Waals surface area contributed by atoms with E-state index in [1.54, 1.807) is 0 Å². The van der Waals surface area contributed by atoms with E-state index in [1.807, 2.05) is 0 Å². The molecule has 0 atom stereocenters. The molecule has 0 unspecified atom stereocenters. The Labute approximate surface area is 114 Å². The zero-order valence-corrected chi connectivity index (χ0v) is 10.7. The normalized spacial score (nSPS) is 22.3. The number of carboxylic acids is 1. The van der Waals surface area contributed by atoms with Crippen LogP contribution < -0.4 is 5.32 Å². The van der Waals surface area contributed by atoms with E-state index in [9.17, 15) is 18.4 Å². The summed E-state index contributed by atoms with van der Waals surface area (Å²) in [6.07, 6.45) is 1.91. The maximum Gasteiger partial charge on any atom is 0.306 e. The Morgan fingerprint density at radius 1 is 1.10 bits per heavy atom.